The molecule has 28 heavy (non-hydrogen) atoms. The summed E-state index contributed by atoms with van der Waals surface area (Å²) in [6.07, 6.45) is 2.60. The van der Waals surface area contributed by atoms with Crippen LogP contribution in [0, 0.1) is 5.41 Å². The molecule has 1 heterocycles. The number of anilines is 1. The maximum absolute atomic E-state index is 10.9. The molecule has 1 aliphatic carbocycles. The van der Waals surface area contributed by atoms with Gasteiger partial charge in [0.2, 0.25) is 0 Å². The summed E-state index contributed by atoms with van der Waals surface area (Å²) in [5.74, 6) is -2.21. The Morgan fingerprint density at radius 3 is 2.29 bits per heavy atom. The lowest BCUT2D eigenvalue weighted by Crippen LogP contribution is -2.43. The fraction of sp³-hybridized carbons (Fsp3) is 0.400. The minimum Gasteiger partial charge on any atom is -0.481 e. The average molecular weight is 388 g/mol. The second-order valence-electron chi connectivity index (χ2n) is 7.13. The van der Waals surface area contributed by atoms with Gasteiger partial charge < -0.3 is 31.9 Å². The Morgan fingerprint density at radius 2 is 1.79 bits per heavy atom. The number of carboxylic acid groups (broad SMARTS) is 2. The summed E-state index contributed by atoms with van der Waals surface area (Å²) in [4.78, 5) is 23.9. The first-order chi connectivity index (χ1) is 13.2. The van der Waals surface area contributed by atoms with Gasteiger partial charge in [0.1, 0.15) is 0 Å². The molecule has 1 aromatic rings. The number of nitrogens with two attached hydrogens (primary N) is 2. The van der Waals surface area contributed by atoms with E-state index in [1.165, 1.54) is 30.3 Å². The quantitative estimate of drug-likeness (QED) is 0.512. The molecule has 1 aliphatic heterocycles. The highest BCUT2D eigenvalue weighted by Gasteiger charge is 2.36. The molecule has 7 N–H and O–H groups in total. The standard InChI is InChI=1S/C11H17N3.C9H11NO4/c12-9-10-1-3-11(4-2-10)14-7-5-13-6-8-14;1-9(8(13)14)3-5(7(11)12)2-6(10)4-9/h1-4,13H,5-9,12H2;2,4H,3,10H2,1H3,(H,11,12)(H,13,14). The molecule has 1 unspecified atom stereocenters. The highest BCUT2D eigenvalue weighted by atomic mass is 16.4. The van der Waals surface area contributed by atoms with Gasteiger partial charge in [-0.15, -0.1) is 0 Å². The van der Waals surface area contributed by atoms with Crippen LogP contribution in [-0.2, 0) is 16.1 Å². The molecule has 0 amide bonds. The Balaban J connectivity index is 0.000000200. The van der Waals surface area contributed by atoms with E-state index in [2.05, 4.69) is 34.5 Å². The first-order valence-corrected chi connectivity index (χ1v) is 9.15. The molecule has 2 aliphatic rings. The highest BCUT2D eigenvalue weighted by Crippen LogP contribution is 2.32. The molecule has 1 fully saturated rings. The molecule has 1 saturated heterocycles. The van der Waals surface area contributed by atoms with Crippen molar-refractivity contribution in [2.45, 2.75) is 19.9 Å². The molecule has 0 spiro atoms. The number of rotatable bonds is 4. The van der Waals surface area contributed by atoms with Crippen LogP contribution in [0.5, 0.6) is 0 Å². The summed E-state index contributed by atoms with van der Waals surface area (Å²) in [7, 11) is 0. The minimum atomic E-state index is -1.22. The number of hydrogen-bond donors (Lipinski definition) is 5. The van der Waals surface area contributed by atoms with E-state index in [-0.39, 0.29) is 17.7 Å². The average Bonchev–Trinajstić information content (AvgIpc) is 2.68. The normalized spacial score (nSPS) is 21.7. The second-order valence-corrected chi connectivity index (χ2v) is 7.13. The molecule has 0 radical (unpaired) electrons. The van der Waals surface area contributed by atoms with Crippen LogP contribution < -0.4 is 21.7 Å². The monoisotopic (exact) mass is 388 g/mol. The SMILES string of the molecule is CC1(C(=O)O)C=C(N)C=C(C(=O)O)C1.NCc1ccc(N2CCNCC2)cc1. The van der Waals surface area contributed by atoms with Crippen molar-refractivity contribution < 1.29 is 19.8 Å². The summed E-state index contributed by atoms with van der Waals surface area (Å²) in [5, 5.41) is 21.0. The molecule has 1 atom stereocenters. The lowest BCUT2D eigenvalue weighted by atomic mass is 9.79. The van der Waals surface area contributed by atoms with Crippen LogP contribution in [0.2, 0.25) is 0 Å². The maximum atomic E-state index is 10.9. The molecule has 1 aromatic carbocycles. The van der Waals surface area contributed by atoms with Crippen LogP contribution in [0.1, 0.15) is 18.9 Å². The number of hydrogen-bond acceptors (Lipinski definition) is 6. The number of nitrogens with one attached hydrogen (secondary N) is 1. The zero-order valence-electron chi connectivity index (χ0n) is 16.0. The van der Waals surface area contributed by atoms with Crippen molar-refractivity contribution in [3.05, 3.63) is 53.3 Å². The number of aliphatic carboxylic acids is 2. The Bertz CT molecular complexity index is 767. The minimum absolute atomic E-state index is 0.0231. The highest BCUT2D eigenvalue weighted by molar-refractivity contribution is 5.90. The van der Waals surface area contributed by atoms with Crippen molar-refractivity contribution >= 4 is 17.6 Å². The van der Waals surface area contributed by atoms with E-state index in [4.69, 9.17) is 21.7 Å². The van der Waals surface area contributed by atoms with Crippen molar-refractivity contribution in [2.75, 3.05) is 31.1 Å². The van der Waals surface area contributed by atoms with Crippen molar-refractivity contribution in [3.8, 4) is 0 Å². The fourth-order valence-electron chi connectivity index (χ4n) is 3.15. The Kier molecular flexibility index (Phi) is 7.19. The molecular weight excluding hydrogens is 360 g/mol. The van der Waals surface area contributed by atoms with Crippen LogP contribution in [0.15, 0.2) is 47.7 Å². The van der Waals surface area contributed by atoms with Gasteiger partial charge in [-0.05, 0) is 43.2 Å². The summed E-state index contributed by atoms with van der Waals surface area (Å²) in [6, 6.07) is 8.54. The fourth-order valence-corrected chi connectivity index (χ4v) is 3.15. The summed E-state index contributed by atoms with van der Waals surface area (Å²) >= 11 is 0. The van der Waals surface area contributed by atoms with Crippen molar-refractivity contribution in [2.24, 2.45) is 16.9 Å². The van der Waals surface area contributed by atoms with Gasteiger partial charge in [-0.2, -0.15) is 0 Å². The summed E-state index contributed by atoms with van der Waals surface area (Å²) in [6.45, 7) is 6.43. The molecule has 8 nitrogen and oxygen atoms in total. The molecule has 0 saturated carbocycles. The predicted molar refractivity (Wildman–Crippen MR) is 108 cm³/mol. The number of benzene rings is 1. The lowest BCUT2D eigenvalue weighted by Gasteiger charge is -2.29. The van der Waals surface area contributed by atoms with Gasteiger partial charge in [0, 0.05) is 49.7 Å². The molecule has 8 heteroatoms. The number of allylic oxidation sites excluding steroid dienone is 1. The first-order valence-electron chi connectivity index (χ1n) is 9.15. The number of piperazine rings is 1. The molecular formula is C20H28N4O4. The smallest absolute Gasteiger partial charge is 0.331 e. The van der Waals surface area contributed by atoms with E-state index in [1.807, 2.05) is 0 Å². The number of carboxylic acids is 2. The zero-order chi connectivity index (χ0) is 20.7. The van der Waals surface area contributed by atoms with E-state index >= 15 is 0 Å². The van der Waals surface area contributed by atoms with Crippen LogP contribution in [0.3, 0.4) is 0 Å². The van der Waals surface area contributed by atoms with Crippen LogP contribution in [0.25, 0.3) is 0 Å². The maximum Gasteiger partial charge on any atom is 0.331 e. The third-order valence-electron chi connectivity index (χ3n) is 4.80. The van der Waals surface area contributed by atoms with Gasteiger partial charge in [-0.1, -0.05) is 12.1 Å². The van der Waals surface area contributed by atoms with E-state index < -0.39 is 17.4 Å². The zero-order valence-corrected chi connectivity index (χ0v) is 16.0. The van der Waals surface area contributed by atoms with E-state index in [0.717, 1.165) is 26.2 Å². The Hall–Kier alpha value is -2.84. The lowest BCUT2D eigenvalue weighted by molar-refractivity contribution is -0.145. The van der Waals surface area contributed by atoms with Crippen molar-refractivity contribution in [3.63, 3.8) is 0 Å². The Labute approximate surface area is 164 Å². The van der Waals surface area contributed by atoms with Crippen molar-refractivity contribution in [1.82, 2.24) is 5.32 Å². The van der Waals surface area contributed by atoms with E-state index in [0.29, 0.717) is 6.54 Å². The van der Waals surface area contributed by atoms with Crippen LogP contribution in [0.4, 0.5) is 5.69 Å². The van der Waals surface area contributed by atoms with Gasteiger partial charge in [0.15, 0.2) is 0 Å². The third kappa shape index (κ3) is 5.58. The van der Waals surface area contributed by atoms with Crippen LogP contribution in [-0.4, -0.2) is 48.3 Å². The van der Waals surface area contributed by atoms with Crippen molar-refractivity contribution in [1.29, 1.82) is 0 Å². The Morgan fingerprint density at radius 1 is 1.18 bits per heavy atom. The van der Waals surface area contributed by atoms with E-state index in [1.54, 1.807) is 0 Å². The van der Waals surface area contributed by atoms with E-state index in [9.17, 15) is 9.59 Å². The number of nitrogens with zero attached hydrogens (tertiary/aromatic N) is 1. The predicted octanol–water partition coefficient (Wildman–Crippen LogP) is 0.890. The molecule has 0 aromatic heterocycles. The topological polar surface area (TPSA) is 142 Å². The second kappa shape index (κ2) is 9.38. The molecule has 0 bridgehead atoms. The third-order valence-corrected chi connectivity index (χ3v) is 4.80. The van der Waals surface area contributed by atoms with Gasteiger partial charge >= 0.3 is 11.9 Å². The largest absolute Gasteiger partial charge is 0.481 e. The van der Waals surface area contributed by atoms with Gasteiger partial charge in [0.25, 0.3) is 0 Å². The van der Waals surface area contributed by atoms with Crippen LogP contribution >= 0.6 is 0 Å². The summed E-state index contributed by atoms with van der Waals surface area (Å²) < 4.78 is 0. The van der Waals surface area contributed by atoms with Gasteiger partial charge in [-0.3, -0.25) is 4.79 Å². The van der Waals surface area contributed by atoms with Gasteiger partial charge in [-0.25, -0.2) is 4.79 Å². The molecule has 152 valence electrons. The van der Waals surface area contributed by atoms with Gasteiger partial charge in [0.05, 0.1) is 5.41 Å². The molecule has 3 rings (SSSR count). The first kappa shape index (κ1) is 21.5. The summed E-state index contributed by atoms with van der Waals surface area (Å²) in [5.41, 5.74) is 12.5. The number of carbonyl (C=O) groups is 2.